The average Bonchev–Trinajstić information content (AvgIpc) is 3.10. The fraction of sp³-hybridized carbons (Fsp3) is 0.105. The molecule has 0 fully saturated rings. The molecule has 1 amide bonds. The van der Waals surface area contributed by atoms with Gasteiger partial charge in [-0.05, 0) is 30.3 Å². The molecule has 2 aromatic heterocycles. The number of pyridine rings is 1. The molecule has 3 aromatic rings. The summed E-state index contributed by atoms with van der Waals surface area (Å²) in [5, 5.41) is 4.34. The highest BCUT2D eigenvalue weighted by atomic mass is 16.2. The molecule has 120 valence electrons. The molecular formula is C19H18N4O. The number of carbonyl (C=O) groups is 1. The zero-order valence-electron chi connectivity index (χ0n) is 13.4. The normalized spacial score (nSPS) is 10.9. The number of para-hydroxylation sites is 1. The van der Waals surface area contributed by atoms with Gasteiger partial charge in [0.25, 0.3) is 0 Å². The van der Waals surface area contributed by atoms with Crippen molar-refractivity contribution in [2.45, 2.75) is 6.54 Å². The van der Waals surface area contributed by atoms with Gasteiger partial charge in [-0.3, -0.25) is 9.78 Å². The number of hydrogen-bond donors (Lipinski definition) is 0. The third-order valence-corrected chi connectivity index (χ3v) is 3.54. The van der Waals surface area contributed by atoms with E-state index in [1.807, 2.05) is 54.7 Å². The van der Waals surface area contributed by atoms with Crippen molar-refractivity contribution in [3.8, 4) is 5.69 Å². The number of nitrogens with zero attached hydrogens (tertiary/aromatic N) is 4. The molecule has 24 heavy (non-hydrogen) atoms. The minimum Gasteiger partial charge on any atom is -0.338 e. The Balaban J connectivity index is 1.62. The Bertz CT molecular complexity index is 825. The first kappa shape index (κ1) is 15.7. The third-order valence-electron chi connectivity index (χ3n) is 3.54. The number of likely N-dealkylation sites (N-methyl/N-ethyl adjacent to an activating group) is 1. The van der Waals surface area contributed by atoms with Gasteiger partial charge in [-0.1, -0.05) is 24.3 Å². The lowest BCUT2D eigenvalue weighted by Crippen LogP contribution is -2.23. The number of carbonyl (C=O) groups excluding carboxylic acids is 1. The predicted octanol–water partition coefficient (Wildman–Crippen LogP) is 2.94. The van der Waals surface area contributed by atoms with Crippen LogP contribution in [0.5, 0.6) is 0 Å². The quantitative estimate of drug-likeness (QED) is 0.680. The zero-order chi connectivity index (χ0) is 16.8. The minimum atomic E-state index is -0.0758. The Labute approximate surface area is 140 Å². The highest BCUT2D eigenvalue weighted by Gasteiger charge is 2.08. The minimum absolute atomic E-state index is 0.0758. The summed E-state index contributed by atoms with van der Waals surface area (Å²) in [5.74, 6) is -0.0758. The molecule has 0 aliphatic carbocycles. The van der Waals surface area contributed by atoms with Gasteiger partial charge in [0.05, 0.1) is 17.6 Å². The molecular weight excluding hydrogens is 300 g/mol. The highest BCUT2D eigenvalue weighted by Crippen LogP contribution is 2.09. The first-order valence-electron chi connectivity index (χ1n) is 7.65. The lowest BCUT2D eigenvalue weighted by Gasteiger charge is -2.13. The number of benzene rings is 1. The van der Waals surface area contributed by atoms with Crippen LogP contribution in [0.15, 0.2) is 73.2 Å². The van der Waals surface area contributed by atoms with Gasteiger partial charge in [0, 0.05) is 37.6 Å². The van der Waals surface area contributed by atoms with Crippen LogP contribution in [-0.2, 0) is 11.3 Å². The van der Waals surface area contributed by atoms with Crippen LogP contribution in [0.2, 0.25) is 0 Å². The Kier molecular flexibility index (Phi) is 4.81. The first-order valence-corrected chi connectivity index (χ1v) is 7.65. The Hall–Kier alpha value is -3.21. The summed E-state index contributed by atoms with van der Waals surface area (Å²) in [4.78, 5) is 18.0. The fourth-order valence-corrected chi connectivity index (χ4v) is 2.27. The maximum atomic E-state index is 12.2. The van der Waals surface area contributed by atoms with Crippen LogP contribution in [-0.4, -0.2) is 32.6 Å². The predicted molar refractivity (Wildman–Crippen MR) is 93.3 cm³/mol. The van der Waals surface area contributed by atoms with Gasteiger partial charge >= 0.3 is 0 Å². The van der Waals surface area contributed by atoms with Crippen molar-refractivity contribution in [2.24, 2.45) is 0 Å². The lowest BCUT2D eigenvalue weighted by molar-refractivity contribution is -0.125. The number of hydrogen-bond acceptors (Lipinski definition) is 3. The van der Waals surface area contributed by atoms with Crippen molar-refractivity contribution >= 4 is 12.0 Å². The van der Waals surface area contributed by atoms with E-state index in [0.717, 1.165) is 16.9 Å². The van der Waals surface area contributed by atoms with Crippen LogP contribution in [0.4, 0.5) is 0 Å². The summed E-state index contributed by atoms with van der Waals surface area (Å²) in [7, 11) is 1.77. The smallest absolute Gasteiger partial charge is 0.246 e. The van der Waals surface area contributed by atoms with Crippen molar-refractivity contribution in [2.75, 3.05) is 7.05 Å². The standard InChI is InChI=1S/C19H18N4O/c1-22(19(24)11-10-17-7-5-6-12-20-17)14-16-13-21-23(15-16)18-8-3-2-4-9-18/h2-13,15H,14H2,1H3/b11-10+. The summed E-state index contributed by atoms with van der Waals surface area (Å²) in [5.41, 5.74) is 2.73. The van der Waals surface area contributed by atoms with Crippen LogP contribution >= 0.6 is 0 Å². The molecule has 5 heteroatoms. The van der Waals surface area contributed by atoms with Crippen LogP contribution in [0.3, 0.4) is 0 Å². The Morgan fingerprint density at radius 1 is 1.17 bits per heavy atom. The molecule has 5 nitrogen and oxygen atoms in total. The van der Waals surface area contributed by atoms with E-state index in [-0.39, 0.29) is 5.91 Å². The molecule has 3 rings (SSSR count). The maximum Gasteiger partial charge on any atom is 0.246 e. The van der Waals surface area contributed by atoms with Gasteiger partial charge in [-0.15, -0.1) is 0 Å². The van der Waals surface area contributed by atoms with Gasteiger partial charge in [-0.25, -0.2) is 4.68 Å². The lowest BCUT2D eigenvalue weighted by atomic mass is 10.3. The number of aromatic nitrogens is 3. The van der Waals surface area contributed by atoms with Crippen LogP contribution in [0.1, 0.15) is 11.3 Å². The molecule has 0 spiro atoms. The number of amides is 1. The van der Waals surface area contributed by atoms with Gasteiger partial charge in [0.2, 0.25) is 5.91 Å². The molecule has 0 saturated carbocycles. The topological polar surface area (TPSA) is 51.0 Å². The Morgan fingerprint density at radius 3 is 2.71 bits per heavy atom. The van der Waals surface area contributed by atoms with Gasteiger partial charge in [0.1, 0.15) is 0 Å². The van der Waals surface area contributed by atoms with Crippen LogP contribution in [0, 0.1) is 0 Å². The van der Waals surface area contributed by atoms with Crippen molar-refractivity contribution in [3.05, 3.63) is 84.5 Å². The fourth-order valence-electron chi connectivity index (χ4n) is 2.27. The molecule has 2 heterocycles. The van der Waals surface area contributed by atoms with Gasteiger partial charge in [-0.2, -0.15) is 5.10 Å². The molecule has 0 unspecified atom stereocenters. The van der Waals surface area contributed by atoms with E-state index in [0.29, 0.717) is 6.54 Å². The summed E-state index contributed by atoms with van der Waals surface area (Å²) >= 11 is 0. The maximum absolute atomic E-state index is 12.2. The van der Waals surface area contributed by atoms with Crippen molar-refractivity contribution < 1.29 is 4.79 Å². The molecule has 0 radical (unpaired) electrons. The van der Waals surface area contributed by atoms with Gasteiger partial charge in [0.15, 0.2) is 0 Å². The average molecular weight is 318 g/mol. The van der Waals surface area contributed by atoms with E-state index in [4.69, 9.17) is 0 Å². The van der Waals surface area contributed by atoms with Crippen LogP contribution < -0.4 is 0 Å². The molecule has 0 aliphatic heterocycles. The molecule has 1 aromatic carbocycles. The Morgan fingerprint density at radius 2 is 1.96 bits per heavy atom. The van der Waals surface area contributed by atoms with E-state index in [1.165, 1.54) is 6.08 Å². The zero-order valence-corrected chi connectivity index (χ0v) is 13.4. The first-order chi connectivity index (χ1) is 11.7. The molecule has 0 atom stereocenters. The summed E-state index contributed by atoms with van der Waals surface area (Å²) in [6.07, 6.45) is 8.66. The van der Waals surface area contributed by atoms with E-state index in [1.54, 1.807) is 35.1 Å². The van der Waals surface area contributed by atoms with E-state index >= 15 is 0 Å². The van der Waals surface area contributed by atoms with E-state index < -0.39 is 0 Å². The summed E-state index contributed by atoms with van der Waals surface area (Å²) < 4.78 is 1.80. The number of rotatable bonds is 5. The molecule has 0 saturated heterocycles. The largest absolute Gasteiger partial charge is 0.338 e. The third kappa shape index (κ3) is 3.95. The summed E-state index contributed by atoms with van der Waals surface area (Å²) in [6, 6.07) is 15.5. The summed E-state index contributed by atoms with van der Waals surface area (Å²) in [6.45, 7) is 0.498. The highest BCUT2D eigenvalue weighted by molar-refractivity contribution is 5.91. The van der Waals surface area contributed by atoms with Crippen molar-refractivity contribution in [1.29, 1.82) is 0 Å². The second-order valence-electron chi connectivity index (χ2n) is 5.41. The monoisotopic (exact) mass is 318 g/mol. The van der Waals surface area contributed by atoms with Gasteiger partial charge < -0.3 is 4.90 Å². The molecule has 0 bridgehead atoms. The van der Waals surface area contributed by atoms with Crippen molar-refractivity contribution in [3.63, 3.8) is 0 Å². The van der Waals surface area contributed by atoms with Crippen LogP contribution in [0.25, 0.3) is 11.8 Å². The molecule has 0 aliphatic rings. The second-order valence-corrected chi connectivity index (χ2v) is 5.41. The van der Waals surface area contributed by atoms with E-state index in [2.05, 4.69) is 10.1 Å². The van der Waals surface area contributed by atoms with E-state index in [9.17, 15) is 4.79 Å². The molecule has 0 N–H and O–H groups in total. The van der Waals surface area contributed by atoms with Crippen molar-refractivity contribution in [1.82, 2.24) is 19.7 Å². The SMILES string of the molecule is CN(Cc1cnn(-c2ccccc2)c1)C(=O)/C=C/c1ccccn1. The second kappa shape index (κ2) is 7.37.